The molecule has 0 aliphatic carbocycles. The van der Waals surface area contributed by atoms with Crippen LogP contribution in [0.25, 0.3) is 43.6 Å². The first-order chi connectivity index (χ1) is 26.8. The fraction of sp³-hybridized carbons (Fsp3) is 0.419. The molecule has 2 aliphatic heterocycles. The Bertz CT molecular complexity index is 2250. The van der Waals surface area contributed by atoms with Gasteiger partial charge >= 0.3 is 6.09 Å². The average molecular weight is 956 g/mol. The van der Waals surface area contributed by atoms with E-state index in [0.717, 1.165) is 81.3 Å². The number of piperazine rings is 2. The maximum absolute atomic E-state index is 12.3. The van der Waals surface area contributed by atoms with Crippen LogP contribution in [0.5, 0.6) is 0 Å². The van der Waals surface area contributed by atoms with E-state index in [4.69, 9.17) is 4.74 Å². The molecule has 2 fully saturated rings. The van der Waals surface area contributed by atoms with Gasteiger partial charge in [0.25, 0.3) is 0 Å². The molecule has 8 rings (SSSR count). The number of halogens is 3. The van der Waals surface area contributed by atoms with Crippen LogP contribution in [-0.4, -0.2) is 123 Å². The van der Waals surface area contributed by atoms with E-state index in [-0.39, 0.29) is 12.2 Å². The summed E-state index contributed by atoms with van der Waals surface area (Å²) in [7, 11) is 0. The van der Waals surface area contributed by atoms with Gasteiger partial charge in [-0.05, 0) is 81.4 Å². The molecule has 4 aromatic carbocycles. The first-order valence-electron chi connectivity index (χ1n) is 19.4. The number of amides is 1. The summed E-state index contributed by atoms with van der Waals surface area (Å²) in [5.41, 5.74) is 4.09. The predicted molar refractivity (Wildman–Crippen MR) is 238 cm³/mol. The maximum Gasteiger partial charge on any atom is 0.410 e. The number of hydrogen-bond acceptors (Lipinski definition) is 7. The van der Waals surface area contributed by atoms with Crippen molar-refractivity contribution in [3.63, 3.8) is 0 Å². The third-order valence-electron chi connectivity index (χ3n) is 10.5. The lowest BCUT2D eigenvalue weighted by Gasteiger charge is -2.36. The van der Waals surface area contributed by atoms with Gasteiger partial charge in [-0.2, -0.15) is 0 Å². The van der Waals surface area contributed by atoms with Crippen molar-refractivity contribution in [3.8, 4) is 0 Å². The molecular formula is C43H51Br3N6O4. The van der Waals surface area contributed by atoms with Crippen LogP contribution in [0.4, 0.5) is 4.79 Å². The Hall–Kier alpha value is -3.01. The number of nitrogens with zero attached hydrogens (tertiary/aromatic N) is 5. The van der Waals surface area contributed by atoms with Crippen molar-refractivity contribution in [1.82, 2.24) is 29.2 Å². The lowest BCUT2D eigenvalue weighted by atomic mass is 10.2. The molecule has 4 heterocycles. The number of aliphatic hydroxyl groups is 2. The van der Waals surface area contributed by atoms with Crippen LogP contribution >= 0.6 is 47.8 Å². The number of nitrogens with one attached hydrogen (secondary N) is 1. The number of ether oxygens (including phenoxy) is 1. The summed E-state index contributed by atoms with van der Waals surface area (Å²) >= 11 is 10.7. The van der Waals surface area contributed by atoms with Gasteiger partial charge in [0, 0.05) is 122 Å². The highest BCUT2D eigenvalue weighted by Crippen LogP contribution is 2.34. The zero-order valence-corrected chi connectivity index (χ0v) is 37.0. The summed E-state index contributed by atoms with van der Waals surface area (Å²) in [5.74, 6) is 0. The SMILES string of the molecule is CC(C)(C)OC(=O)N1CCN(C[C@@H](O)Cn2c3ccccc3c3cc(Br)ccc32)CC1.O[C@@H](CN1CCNCC1)Cn1c2ccc(Br)cc2c2cc(Br)ccc21. The average Bonchev–Trinajstić information content (AvgIpc) is 3.62. The minimum Gasteiger partial charge on any atom is -0.444 e. The second-order valence-corrected chi connectivity index (χ2v) is 18.6. The quantitative estimate of drug-likeness (QED) is 0.142. The van der Waals surface area contributed by atoms with E-state index >= 15 is 0 Å². The highest BCUT2D eigenvalue weighted by molar-refractivity contribution is 9.11. The second kappa shape index (κ2) is 17.9. The lowest BCUT2D eigenvalue weighted by molar-refractivity contribution is 0.00949. The molecule has 10 nitrogen and oxygen atoms in total. The van der Waals surface area contributed by atoms with Crippen molar-refractivity contribution in [2.75, 3.05) is 65.4 Å². The van der Waals surface area contributed by atoms with Crippen molar-refractivity contribution in [1.29, 1.82) is 0 Å². The molecule has 56 heavy (non-hydrogen) atoms. The molecule has 2 aliphatic rings. The Balaban J connectivity index is 0.000000175. The zero-order valence-electron chi connectivity index (χ0n) is 32.2. The molecular weight excluding hydrogens is 904 g/mol. The van der Waals surface area contributed by atoms with Crippen molar-refractivity contribution in [2.45, 2.75) is 51.7 Å². The minimum absolute atomic E-state index is 0.260. The number of rotatable bonds is 8. The van der Waals surface area contributed by atoms with Crippen LogP contribution in [0.2, 0.25) is 0 Å². The summed E-state index contributed by atoms with van der Waals surface area (Å²) in [6.07, 6.45) is -1.15. The second-order valence-electron chi connectivity index (χ2n) is 15.8. The summed E-state index contributed by atoms with van der Waals surface area (Å²) in [5, 5.41) is 29.7. The van der Waals surface area contributed by atoms with E-state index in [1.807, 2.05) is 39.0 Å². The largest absolute Gasteiger partial charge is 0.444 e. The standard InChI is InChI=1S/C24H30BrN3O3.C19H21Br2N3O/c1-24(2,3)31-23(30)27-12-10-26(11-13-27)15-18(29)16-28-21-7-5-4-6-19(21)20-14-17(25)8-9-22(20)28;20-13-1-3-18-16(9-13)17-10-14(21)2-4-19(17)24(18)12-15(25)11-23-7-5-22-6-8-23/h4-9,14,18,29H,10-13,15-16H2,1-3H3;1-4,9-10,15,22,25H,5-8,11-12H2/t18-;15-/m10/s1. The molecule has 0 unspecified atom stereocenters. The third kappa shape index (κ3) is 9.81. The summed E-state index contributed by atoms with van der Waals surface area (Å²) in [4.78, 5) is 18.6. The molecule has 0 bridgehead atoms. The number of hydrogen-bond donors (Lipinski definition) is 3. The number of aromatic nitrogens is 2. The predicted octanol–water partition coefficient (Wildman–Crippen LogP) is 8.06. The van der Waals surface area contributed by atoms with Gasteiger partial charge in [-0.1, -0.05) is 66.0 Å². The molecule has 2 aromatic heterocycles. The first-order valence-corrected chi connectivity index (χ1v) is 21.7. The molecule has 3 N–H and O–H groups in total. The molecule has 0 saturated carbocycles. The van der Waals surface area contributed by atoms with Crippen LogP contribution in [0.3, 0.4) is 0 Å². The van der Waals surface area contributed by atoms with Gasteiger partial charge in [-0.25, -0.2) is 4.79 Å². The summed E-state index contributed by atoms with van der Waals surface area (Å²) < 4.78 is 13.1. The van der Waals surface area contributed by atoms with E-state index in [1.54, 1.807) is 4.90 Å². The Morgan fingerprint density at radius 1 is 0.625 bits per heavy atom. The number of carbonyl (C=O) groups excluding carboxylic acids is 1. The molecule has 0 spiro atoms. The fourth-order valence-electron chi connectivity index (χ4n) is 7.93. The van der Waals surface area contributed by atoms with Crippen molar-refractivity contribution in [3.05, 3.63) is 92.3 Å². The zero-order chi connectivity index (χ0) is 39.6. The summed E-state index contributed by atoms with van der Waals surface area (Å²) in [6, 6.07) is 27.3. The minimum atomic E-state index is -0.504. The molecule has 6 aromatic rings. The van der Waals surface area contributed by atoms with Gasteiger partial charge in [-0.15, -0.1) is 0 Å². The Kier molecular flexibility index (Phi) is 13.1. The Morgan fingerprint density at radius 3 is 1.54 bits per heavy atom. The van der Waals surface area contributed by atoms with Gasteiger partial charge in [0.05, 0.1) is 25.3 Å². The van der Waals surface area contributed by atoms with E-state index in [1.165, 1.54) is 21.5 Å². The molecule has 2 saturated heterocycles. The molecule has 0 radical (unpaired) electrons. The van der Waals surface area contributed by atoms with Crippen molar-refractivity contribution >= 4 is 97.5 Å². The molecule has 298 valence electrons. The number of carbonyl (C=O) groups is 1. The van der Waals surface area contributed by atoms with E-state index in [2.05, 4.69) is 133 Å². The van der Waals surface area contributed by atoms with Gasteiger partial charge in [-0.3, -0.25) is 9.80 Å². The van der Waals surface area contributed by atoms with E-state index < -0.39 is 11.7 Å². The molecule has 1 amide bonds. The van der Waals surface area contributed by atoms with Gasteiger partial charge in [0.2, 0.25) is 0 Å². The molecule has 13 heteroatoms. The number of para-hydroxylation sites is 1. The number of aliphatic hydroxyl groups excluding tert-OH is 2. The van der Waals surface area contributed by atoms with Crippen LogP contribution in [0.15, 0.2) is 92.3 Å². The van der Waals surface area contributed by atoms with Crippen LogP contribution < -0.4 is 5.32 Å². The van der Waals surface area contributed by atoms with Gasteiger partial charge < -0.3 is 34.3 Å². The van der Waals surface area contributed by atoms with Crippen LogP contribution in [0.1, 0.15) is 20.8 Å². The van der Waals surface area contributed by atoms with Crippen LogP contribution in [0, 0.1) is 0 Å². The van der Waals surface area contributed by atoms with Crippen LogP contribution in [-0.2, 0) is 17.8 Å². The highest BCUT2D eigenvalue weighted by Gasteiger charge is 2.27. The first kappa shape index (κ1) is 41.2. The van der Waals surface area contributed by atoms with E-state index in [9.17, 15) is 15.0 Å². The van der Waals surface area contributed by atoms with E-state index in [0.29, 0.717) is 32.7 Å². The Morgan fingerprint density at radius 2 is 1.05 bits per heavy atom. The van der Waals surface area contributed by atoms with Gasteiger partial charge in [0.1, 0.15) is 5.60 Å². The number of benzene rings is 4. The lowest BCUT2D eigenvalue weighted by Crippen LogP contribution is -2.51. The maximum atomic E-state index is 12.3. The number of fused-ring (bicyclic) bond motifs is 6. The fourth-order valence-corrected chi connectivity index (χ4v) is 9.02. The normalized spacial score (nSPS) is 17.0. The van der Waals surface area contributed by atoms with Crippen molar-refractivity contribution < 1.29 is 19.7 Å². The topological polar surface area (TPSA) is 98.4 Å². The number of β-amino-alcohol motifs (C(OH)–C–C–N with tert-alkyl or cyclic N) is 2. The Labute approximate surface area is 353 Å². The monoisotopic (exact) mass is 952 g/mol. The summed E-state index contributed by atoms with van der Waals surface area (Å²) in [6.45, 7) is 14.8. The van der Waals surface area contributed by atoms with Crippen molar-refractivity contribution in [2.24, 2.45) is 0 Å². The van der Waals surface area contributed by atoms with Gasteiger partial charge in [0.15, 0.2) is 0 Å². The molecule has 2 atom stereocenters. The third-order valence-corrected chi connectivity index (χ3v) is 12.0. The highest BCUT2D eigenvalue weighted by atomic mass is 79.9. The smallest absolute Gasteiger partial charge is 0.410 e.